The van der Waals surface area contributed by atoms with Crippen LogP contribution in [0, 0.1) is 0 Å². The Bertz CT molecular complexity index is 3020. The zero-order chi connectivity index (χ0) is 31.9. The first-order valence-electron chi connectivity index (χ1n) is 17.5. The van der Waals surface area contributed by atoms with E-state index < -0.39 is 0 Å². The lowest BCUT2D eigenvalue weighted by molar-refractivity contribution is 0.531. The molecular formula is C45H28BNO2. The van der Waals surface area contributed by atoms with Crippen molar-refractivity contribution < 1.29 is 8.83 Å². The van der Waals surface area contributed by atoms with Gasteiger partial charge in [-0.15, -0.1) is 0 Å². The SMILES string of the molecule is CC1(C)c2ccccc2-c2c1n1c3c(cccc23)-c2c3c(cc4c2oc2ccccc24)C2Cc4oc5ccccc5c4-c4cccc(c42)B31. The summed E-state index contributed by atoms with van der Waals surface area (Å²) in [6.07, 6.45) is 0.840. The van der Waals surface area contributed by atoms with E-state index in [0.717, 1.165) is 28.9 Å². The fourth-order valence-electron chi connectivity index (χ4n) is 10.8. The number of fused-ring (bicyclic) bond motifs is 17. The van der Waals surface area contributed by atoms with Gasteiger partial charge in [0.05, 0.1) is 0 Å². The highest BCUT2D eigenvalue weighted by atomic mass is 16.3. The zero-order valence-electron chi connectivity index (χ0n) is 27.1. The summed E-state index contributed by atoms with van der Waals surface area (Å²) in [5.74, 6) is 1.27. The molecule has 5 heterocycles. The largest absolute Gasteiger partial charge is 0.460 e. The van der Waals surface area contributed by atoms with Gasteiger partial charge in [0.2, 0.25) is 0 Å². The van der Waals surface area contributed by atoms with Crippen LogP contribution < -0.4 is 10.9 Å². The van der Waals surface area contributed by atoms with Crippen LogP contribution in [0.15, 0.2) is 124 Å². The second kappa shape index (κ2) is 8.10. The summed E-state index contributed by atoms with van der Waals surface area (Å²) < 4.78 is 16.4. The van der Waals surface area contributed by atoms with E-state index in [4.69, 9.17) is 8.83 Å². The molecule has 2 aliphatic carbocycles. The molecule has 9 aromatic rings. The Kier molecular flexibility index (Phi) is 4.18. The van der Waals surface area contributed by atoms with Crippen molar-refractivity contribution in [3.05, 3.63) is 143 Å². The van der Waals surface area contributed by atoms with Crippen LogP contribution in [0.3, 0.4) is 0 Å². The van der Waals surface area contributed by atoms with Crippen molar-refractivity contribution in [3.8, 4) is 33.4 Å². The summed E-state index contributed by atoms with van der Waals surface area (Å²) in [4.78, 5) is 0. The average molecular weight is 626 g/mol. The van der Waals surface area contributed by atoms with Gasteiger partial charge in [0.1, 0.15) is 22.5 Å². The average Bonchev–Trinajstić information content (AvgIpc) is 3.86. The molecule has 2 aliphatic heterocycles. The van der Waals surface area contributed by atoms with Crippen LogP contribution in [0.4, 0.5) is 0 Å². The van der Waals surface area contributed by atoms with E-state index in [1.54, 1.807) is 0 Å². The van der Waals surface area contributed by atoms with E-state index in [-0.39, 0.29) is 18.2 Å². The van der Waals surface area contributed by atoms with E-state index in [1.165, 1.54) is 93.8 Å². The number of hydrogen-bond donors (Lipinski definition) is 0. The van der Waals surface area contributed by atoms with Crippen LogP contribution in [0.2, 0.25) is 0 Å². The molecule has 1 unspecified atom stereocenters. The van der Waals surface area contributed by atoms with E-state index in [9.17, 15) is 0 Å². The molecule has 4 aliphatic rings. The quantitative estimate of drug-likeness (QED) is 0.157. The molecule has 1 atom stereocenters. The Morgan fingerprint density at radius 2 is 1.37 bits per heavy atom. The first-order chi connectivity index (χ1) is 24.1. The van der Waals surface area contributed by atoms with Gasteiger partial charge in [-0.05, 0) is 56.9 Å². The fraction of sp³-hybridized carbons (Fsp3) is 0.111. The number of para-hydroxylation sites is 3. The molecule has 3 nitrogen and oxygen atoms in total. The van der Waals surface area contributed by atoms with Gasteiger partial charge in [-0.1, -0.05) is 111 Å². The maximum atomic E-state index is 6.91. The Morgan fingerprint density at radius 1 is 0.653 bits per heavy atom. The molecule has 0 spiro atoms. The van der Waals surface area contributed by atoms with Gasteiger partial charge in [-0.2, -0.15) is 0 Å². The summed E-state index contributed by atoms with van der Waals surface area (Å²) >= 11 is 0. The van der Waals surface area contributed by atoms with Gasteiger partial charge in [0.25, 0.3) is 0 Å². The number of aromatic nitrogens is 1. The predicted octanol–water partition coefficient (Wildman–Crippen LogP) is 9.90. The van der Waals surface area contributed by atoms with Gasteiger partial charge in [0, 0.05) is 72.8 Å². The van der Waals surface area contributed by atoms with E-state index in [0.29, 0.717) is 0 Å². The molecule has 0 bridgehead atoms. The molecule has 0 saturated carbocycles. The topological polar surface area (TPSA) is 31.2 Å². The third-order valence-corrected chi connectivity index (χ3v) is 12.5. The molecular weight excluding hydrogens is 597 g/mol. The molecule has 0 amide bonds. The minimum atomic E-state index is -0.164. The maximum absolute atomic E-state index is 6.91. The molecule has 6 aromatic carbocycles. The standard InChI is InChI=1S/C45H28BNO2/c1-45(2)32-17-6-3-12-24(32)39-27-15-9-16-28-40-41-30(21-31-23-11-4-7-19-34(23)49-43(31)40)29-22-36-38(25-13-5-8-20-35(25)48-36)26-14-10-18-33(37(26)29)46(41)47(42(27)28)44(39)45/h3-21,29H,22H2,1-2H3. The lowest BCUT2D eigenvalue weighted by atomic mass is 9.40. The van der Waals surface area contributed by atoms with E-state index in [2.05, 4.69) is 134 Å². The van der Waals surface area contributed by atoms with Gasteiger partial charge in [-0.3, -0.25) is 0 Å². The number of hydrogen-bond acceptors (Lipinski definition) is 2. The summed E-state index contributed by atoms with van der Waals surface area (Å²) in [6.45, 7) is 4.87. The minimum Gasteiger partial charge on any atom is -0.460 e. The van der Waals surface area contributed by atoms with Crippen molar-refractivity contribution in [1.29, 1.82) is 0 Å². The van der Waals surface area contributed by atoms with Crippen LogP contribution in [0.25, 0.3) is 77.2 Å². The maximum Gasteiger partial charge on any atom is 0.329 e. The molecule has 0 fully saturated rings. The van der Waals surface area contributed by atoms with Gasteiger partial charge in [-0.25, -0.2) is 0 Å². The molecule has 0 N–H and O–H groups in total. The molecule has 49 heavy (non-hydrogen) atoms. The van der Waals surface area contributed by atoms with Crippen molar-refractivity contribution in [3.63, 3.8) is 0 Å². The van der Waals surface area contributed by atoms with Crippen molar-refractivity contribution >= 4 is 61.6 Å². The molecule has 0 saturated heterocycles. The van der Waals surface area contributed by atoms with E-state index in [1.807, 2.05) is 0 Å². The summed E-state index contributed by atoms with van der Waals surface area (Å²) in [5.41, 5.74) is 20.5. The van der Waals surface area contributed by atoms with Gasteiger partial charge in [0.15, 0.2) is 0 Å². The zero-order valence-corrected chi connectivity index (χ0v) is 27.1. The van der Waals surface area contributed by atoms with E-state index >= 15 is 0 Å². The predicted molar refractivity (Wildman–Crippen MR) is 200 cm³/mol. The molecule has 0 radical (unpaired) electrons. The first-order valence-corrected chi connectivity index (χ1v) is 17.5. The second-order valence-corrected chi connectivity index (χ2v) is 15.1. The number of nitrogens with zero attached hydrogens (tertiary/aromatic N) is 1. The van der Waals surface area contributed by atoms with Crippen molar-refractivity contribution in [1.82, 2.24) is 4.48 Å². The lowest BCUT2D eigenvalue weighted by Crippen LogP contribution is -2.58. The summed E-state index contributed by atoms with van der Waals surface area (Å²) in [6, 6.07) is 42.7. The third kappa shape index (κ3) is 2.70. The van der Waals surface area contributed by atoms with Crippen LogP contribution in [-0.4, -0.2) is 11.3 Å². The van der Waals surface area contributed by atoms with Crippen molar-refractivity contribution in [2.75, 3.05) is 0 Å². The second-order valence-electron chi connectivity index (χ2n) is 15.1. The molecule has 13 rings (SSSR count). The first kappa shape index (κ1) is 25.3. The fourth-order valence-corrected chi connectivity index (χ4v) is 10.8. The normalized spacial score (nSPS) is 17.0. The summed E-state index contributed by atoms with van der Waals surface area (Å²) in [5, 5.41) is 4.93. The highest BCUT2D eigenvalue weighted by Gasteiger charge is 2.50. The Hall–Kier alpha value is -5.74. The molecule has 4 heteroatoms. The number of benzene rings is 6. The highest BCUT2D eigenvalue weighted by molar-refractivity contribution is 6.88. The minimum absolute atomic E-state index is 0.0169. The van der Waals surface area contributed by atoms with Crippen LogP contribution in [0.5, 0.6) is 0 Å². The Labute approximate surface area is 282 Å². The van der Waals surface area contributed by atoms with Crippen molar-refractivity contribution in [2.45, 2.75) is 31.6 Å². The summed E-state index contributed by atoms with van der Waals surface area (Å²) in [7, 11) is 0. The van der Waals surface area contributed by atoms with Crippen LogP contribution >= 0.6 is 0 Å². The molecule has 3 aromatic heterocycles. The van der Waals surface area contributed by atoms with Crippen molar-refractivity contribution in [2.24, 2.45) is 0 Å². The highest BCUT2D eigenvalue weighted by Crippen LogP contribution is 2.57. The van der Waals surface area contributed by atoms with Gasteiger partial charge >= 0.3 is 6.85 Å². The molecule has 228 valence electrons. The monoisotopic (exact) mass is 625 g/mol. The van der Waals surface area contributed by atoms with Crippen LogP contribution in [-0.2, 0) is 11.8 Å². The van der Waals surface area contributed by atoms with Crippen LogP contribution in [0.1, 0.15) is 47.9 Å². The number of rotatable bonds is 0. The third-order valence-electron chi connectivity index (χ3n) is 12.5. The Balaban J connectivity index is 1.26. The smallest absolute Gasteiger partial charge is 0.329 e. The number of furan rings is 2. The lowest BCUT2D eigenvalue weighted by Gasteiger charge is -2.41. The van der Waals surface area contributed by atoms with Gasteiger partial charge < -0.3 is 13.3 Å². The Morgan fingerprint density at radius 3 is 2.27 bits per heavy atom.